The van der Waals surface area contributed by atoms with E-state index in [0.717, 1.165) is 11.3 Å². The van der Waals surface area contributed by atoms with E-state index >= 15 is 0 Å². The molecule has 0 aromatic carbocycles. The van der Waals surface area contributed by atoms with Gasteiger partial charge >= 0.3 is 6.03 Å². The minimum atomic E-state index is -0.711. The van der Waals surface area contributed by atoms with Gasteiger partial charge in [-0.1, -0.05) is 24.3 Å². The van der Waals surface area contributed by atoms with Crippen molar-refractivity contribution in [2.75, 3.05) is 13.6 Å². The molecule has 3 heterocycles. The molecule has 0 radical (unpaired) electrons. The predicted molar refractivity (Wildman–Crippen MR) is 88.4 cm³/mol. The molecule has 25 heavy (non-hydrogen) atoms. The van der Waals surface area contributed by atoms with Gasteiger partial charge in [-0.2, -0.15) is 0 Å². The summed E-state index contributed by atoms with van der Waals surface area (Å²) in [6.45, 7) is 4.10. The van der Waals surface area contributed by atoms with E-state index in [4.69, 9.17) is 14.2 Å². The van der Waals surface area contributed by atoms with Gasteiger partial charge in [-0.05, 0) is 26.2 Å². The largest absolute Gasteiger partial charge is 0.349 e. The zero-order valence-electron chi connectivity index (χ0n) is 14.8. The standard InChI is InChI=1S/C18H24N2O5/c1-18(2)24-14-12(10-11-6-4-5-7-11)23-16(15(14)25-18)20-9-8-13(21)19(3)17(20)22/h4-7,11-12,14-16H,8-10H2,1-3H3/t12?,14?,15-,16?/m0/s1. The molecular formula is C18H24N2O5. The lowest BCUT2D eigenvalue weighted by atomic mass is 9.98. The molecule has 4 atom stereocenters. The summed E-state index contributed by atoms with van der Waals surface area (Å²) in [7, 11) is 1.50. The van der Waals surface area contributed by atoms with E-state index in [-0.39, 0.29) is 30.3 Å². The zero-order valence-corrected chi connectivity index (χ0v) is 14.8. The Morgan fingerprint density at radius 3 is 2.56 bits per heavy atom. The Balaban J connectivity index is 1.55. The molecular weight excluding hydrogens is 324 g/mol. The van der Waals surface area contributed by atoms with Crippen molar-refractivity contribution in [3.05, 3.63) is 24.3 Å². The lowest BCUT2D eigenvalue weighted by molar-refractivity contribution is -0.203. The highest BCUT2D eigenvalue weighted by Gasteiger charge is 2.58. The van der Waals surface area contributed by atoms with Crippen LogP contribution in [0.1, 0.15) is 26.7 Å². The van der Waals surface area contributed by atoms with E-state index in [2.05, 4.69) is 12.2 Å². The summed E-state index contributed by atoms with van der Waals surface area (Å²) in [5.74, 6) is -0.576. The molecule has 3 amide bonds. The average Bonchev–Trinajstić information content (AvgIpc) is 3.23. The molecule has 0 aromatic heterocycles. The summed E-state index contributed by atoms with van der Waals surface area (Å²) in [5, 5.41) is 0. The number of allylic oxidation sites excluding steroid dienone is 4. The molecule has 3 saturated heterocycles. The van der Waals surface area contributed by atoms with E-state index < -0.39 is 12.0 Å². The fourth-order valence-corrected chi connectivity index (χ4v) is 4.02. The fraction of sp³-hybridized carbons (Fsp3) is 0.667. The highest BCUT2D eigenvalue weighted by atomic mass is 16.8. The highest BCUT2D eigenvalue weighted by molar-refractivity contribution is 5.96. The maximum atomic E-state index is 12.6. The molecule has 4 aliphatic rings. The van der Waals surface area contributed by atoms with Crippen LogP contribution in [0.5, 0.6) is 0 Å². The Morgan fingerprint density at radius 1 is 1.16 bits per heavy atom. The molecule has 0 saturated carbocycles. The predicted octanol–water partition coefficient (Wildman–Crippen LogP) is 1.65. The van der Waals surface area contributed by atoms with Crippen LogP contribution < -0.4 is 0 Å². The lowest BCUT2D eigenvalue weighted by Gasteiger charge is -2.37. The van der Waals surface area contributed by atoms with E-state index in [1.165, 1.54) is 7.05 Å². The molecule has 0 N–H and O–H groups in total. The van der Waals surface area contributed by atoms with Crippen molar-refractivity contribution >= 4 is 11.9 Å². The van der Waals surface area contributed by atoms with Crippen molar-refractivity contribution in [1.29, 1.82) is 0 Å². The summed E-state index contributed by atoms with van der Waals surface area (Å²) in [6, 6.07) is -0.338. The number of fused-ring (bicyclic) bond motifs is 1. The molecule has 3 aliphatic heterocycles. The third-order valence-electron chi connectivity index (χ3n) is 5.24. The van der Waals surface area contributed by atoms with Crippen molar-refractivity contribution in [3.8, 4) is 0 Å². The molecule has 3 fully saturated rings. The zero-order chi connectivity index (χ0) is 17.8. The Bertz CT molecular complexity index is 631. The first-order chi connectivity index (χ1) is 11.9. The van der Waals surface area contributed by atoms with Gasteiger partial charge in [0.1, 0.15) is 12.2 Å². The Kier molecular flexibility index (Phi) is 3.97. The minimum Gasteiger partial charge on any atom is -0.349 e. The number of imide groups is 1. The summed E-state index contributed by atoms with van der Waals surface area (Å²) >= 11 is 0. The summed E-state index contributed by atoms with van der Waals surface area (Å²) in [5.41, 5.74) is 0. The number of ether oxygens (including phenoxy) is 3. The maximum absolute atomic E-state index is 12.6. The van der Waals surface area contributed by atoms with Crippen molar-refractivity contribution in [3.63, 3.8) is 0 Å². The van der Waals surface area contributed by atoms with Crippen LogP contribution in [0.15, 0.2) is 24.3 Å². The number of nitrogens with zero attached hydrogens (tertiary/aromatic N) is 2. The molecule has 0 spiro atoms. The number of amides is 3. The van der Waals surface area contributed by atoms with Gasteiger partial charge in [-0.3, -0.25) is 14.6 Å². The Labute approximate surface area is 147 Å². The molecule has 3 unspecified atom stereocenters. The van der Waals surface area contributed by atoms with Crippen LogP contribution in [0, 0.1) is 5.92 Å². The van der Waals surface area contributed by atoms with Gasteiger partial charge in [0.15, 0.2) is 12.0 Å². The van der Waals surface area contributed by atoms with Gasteiger partial charge in [0, 0.05) is 20.0 Å². The molecule has 0 aromatic rings. The van der Waals surface area contributed by atoms with Gasteiger partial charge in [0.2, 0.25) is 5.91 Å². The van der Waals surface area contributed by atoms with Gasteiger partial charge in [-0.15, -0.1) is 0 Å². The van der Waals surface area contributed by atoms with Crippen LogP contribution in [0.25, 0.3) is 0 Å². The first-order valence-corrected chi connectivity index (χ1v) is 8.79. The van der Waals surface area contributed by atoms with Crippen LogP contribution in [-0.2, 0) is 19.0 Å². The number of carbonyl (C=O) groups excluding carboxylic acids is 2. The topological polar surface area (TPSA) is 68.3 Å². The molecule has 7 heteroatoms. The summed E-state index contributed by atoms with van der Waals surface area (Å²) in [6.07, 6.45) is 8.12. The number of hydrogen-bond acceptors (Lipinski definition) is 5. The normalized spacial score (nSPS) is 37.4. The molecule has 0 bridgehead atoms. The van der Waals surface area contributed by atoms with Crippen molar-refractivity contribution in [1.82, 2.24) is 9.80 Å². The summed E-state index contributed by atoms with van der Waals surface area (Å²) in [4.78, 5) is 27.1. The van der Waals surface area contributed by atoms with Crippen LogP contribution in [0.4, 0.5) is 4.79 Å². The molecule has 1 aliphatic carbocycles. The third-order valence-corrected chi connectivity index (χ3v) is 5.24. The molecule has 4 rings (SSSR count). The van der Waals surface area contributed by atoms with Crippen LogP contribution >= 0.6 is 0 Å². The average molecular weight is 348 g/mol. The van der Waals surface area contributed by atoms with E-state index in [1.807, 2.05) is 26.0 Å². The van der Waals surface area contributed by atoms with Crippen molar-refractivity contribution in [2.45, 2.75) is 57.0 Å². The second-order valence-corrected chi connectivity index (χ2v) is 7.48. The SMILES string of the molecule is CN1C(=O)CCN(C2OC(CC3C=CC=C3)C3OC(C)(C)O[C@@H]32)C1=O. The first-order valence-electron chi connectivity index (χ1n) is 8.79. The number of urea groups is 1. The number of hydrogen-bond donors (Lipinski definition) is 0. The molecule has 7 nitrogen and oxygen atoms in total. The summed E-state index contributed by atoms with van der Waals surface area (Å²) < 4.78 is 18.4. The lowest BCUT2D eigenvalue weighted by Crippen LogP contribution is -2.57. The van der Waals surface area contributed by atoms with Gasteiger partial charge < -0.3 is 14.2 Å². The molecule has 136 valence electrons. The van der Waals surface area contributed by atoms with Crippen molar-refractivity contribution in [2.24, 2.45) is 5.92 Å². The maximum Gasteiger partial charge on any atom is 0.328 e. The van der Waals surface area contributed by atoms with Crippen LogP contribution in [-0.4, -0.2) is 65.7 Å². The van der Waals surface area contributed by atoms with Crippen LogP contribution in [0.3, 0.4) is 0 Å². The van der Waals surface area contributed by atoms with E-state index in [0.29, 0.717) is 18.9 Å². The third kappa shape index (κ3) is 2.90. The van der Waals surface area contributed by atoms with Crippen molar-refractivity contribution < 1.29 is 23.8 Å². The van der Waals surface area contributed by atoms with E-state index in [9.17, 15) is 9.59 Å². The number of rotatable bonds is 3. The van der Waals surface area contributed by atoms with Gasteiger partial charge in [0.05, 0.1) is 6.10 Å². The Hall–Kier alpha value is -1.70. The highest BCUT2D eigenvalue weighted by Crippen LogP contribution is 2.42. The Morgan fingerprint density at radius 2 is 1.84 bits per heavy atom. The monoisotopic (exact) mass is 348 g/mol. The first kappa shape index (κ1) is 16.8. The fourth-order valence-electron chi connectivity index (χ4n) is 4.02. The quantitative estimate of drug-likeness (QED) is 0.776. The smallest absolute Gasteiger partial charge is 0.328 e. The minimum absolute atomic E-state index is 0.162. The number of carbonyl (C=O) groups is 2. The second kappa shape index (κ2) is 5.93. The van der Waals surface area contributed by atoms with Crippen LogP contribution in [0.2, 0.25) is 0 Å². The van der Waals surface area contributed by atoms with Gasteiger partial charge in [-0.25, -0.2) is 4.79 Å². The van der Waals surface area contributed by atoms with Gasteiger partial charge in [0.25, 0.3) is 0 Å². The second-order valence-electron chi connectivity index (χ2n) is 7.48. The van der Waals surface area contributed by atoms with E-state index in [1.54, 1.807) is 4.90 Å².